The predicted molar refractivity (Wildman–Crippen MR) is 92.4 cm³/mol. The Kier molecular flexibility index (Phi) is 4.93. The van der Waals surface area contributed by atoms with Crippen LogP contribution in [-0.4, -0.2) is 51.8 Å². The second kappa shape index (κ2) is 6.91. The minimum atomic E-state index is 0.168. The topological polar surface area (TPSA) is 47.4 Å². The van der Waals surface area contributed by atoms with Crippen molar-refractivity contribution in [2.75, 3.05) is 31.2 Å². The first-order valence-corrected chi connectivity index (χ1v) is 9.20. The number of fused-ring (bicyclic) bond motifs is 1. The van der Waals surface area contributed by atoms with Gasteiger partial charge in [0, 0.05) is 36.1 Å². The number of carbonyl (C=O) groups excluding carboxylic acids is 1. The maximum atomic E-state index is 12.1. The Balaban J connectivity index is 1.62. The molecule has 0 bridgehead atoms. The third-order valence-electron chi connectivity index (χ3n) is 3.70. The lowest BCUT2D eigenvalue weighted by Crippen LogP contribution is -2.38. The Morgan fingerprint density at radius 1 is 1.41 bits per heavy atom. The SMILES string of the molecule is Cn1nc(OCCC(=O)N2CCSCC2)c2cc(Br)ccc21. The number of nitrogens with zero attached hydrogens (tertiary/aromatic N) is 3. The number of aromatic nitrogens is 2. The normalized spacial score (nSPS) is 15.3. The molecular formula is C15H18BrN3O2S. The molecular weight excluding hydrogens is 366 g/mol. The molecule has 0 unspecified atom stereocenters. The average molecular weight is 384 g/mol. The van der Waals surface area contributed by atoms with E-state index in [0.717, 1.165) is 40.0 Å². The first kappa shape index (κ1) is 15.7. The molecule has 0 aliphatic carbocycles. The Morgan fingerprint density at radius 2 is 2.18 bits per heavy atom. The molecule has 1 fully saturated rings. The van der Waals surface area contributed by atoms with Crippen molar-refractivity contribution in [3.8, 4) is 5.88 Å². The number of hydrogen-bond acceptors (Lipinski definition) is 4. The number of amides is 1. The molecule has 0 spiro atoms. The summed E-state index contributed by atoms with van der Waals surface area (Å²) in [4.78, 5) is 14.0. The zero-order valence-electron chi connectivity index (χ0n) is 12.4. The van der Waals surface area contributed by atoms with Crippen molar-refractivity contribution in [2.45, 2.75) is 6.42 Å². The summed E-state index contributed by atoms with van der Waals surface area (Å²) in [6.45, 7) is 2.06. The third-order valence-corrected chi connectivity index (χ3v) is 5.13. The van der Waals surface area contributed by atoms with Crippen LogP contribution in [0.3, 0.4) is 0 Å². The monoisotopic (exact) mass is 383 g/mol. The summed E-state index contributed by atoms with van der Waals surface area (Å²) in [6.07, 6.45) is 0.400. The molecule has 2 aromatic rings. The molecule has 0 N–H and O–H groups in total. The Hall–Kier alpha value is -1.21. The molecule has 1 aromatic carbocycles. The Bertz CT molecular complexity index is 683. The van der Waals surface area contributed by atoms with Crippen LogP contribution in [0.4, 0.5) is 0 Å². The Morgan fingerprint density at radius 3 is 2.95 bits per heavy atom. The summed E-state index contributed by atoms with van der Waals surface area (Å²) in [5.41, 5.74) is 1.01. The van der Waals surface area contributed by atoms with Gasteiger partial charge in [0.2, 0.25) is 11.8 Å². The fraction of sp³-hybridized carbons (Fsp3) is 0.467. The molecule has 1 aliphatic rings. The number of ether oxygens (including phenoxy) is 1. The number of carbonyl (C=O) groups is 1. The summed E-state index contributed by atoms with van der Waals surface area (Å²) < 4.78 is 8.53. The summed E-state index contributed by atoms with van der Waals surface area (Å²) in [5, 5.41) is 5.34. The minimum absolute atomic E-state index is 0.168. The van der Waals surface area contributed by atoms with Gasteiger partial charge >= 0.3 is 0 Å². The molecule has 5 nitrogen and oxygen atoms in total. The quantitative estimate of drug-likeness (QED) is 0.813. The molecule has 22 heavy (non-hydrogen) atoms. The lowest BCUT2D eigenvalue weighted by atomic mass is 10.2. The maximum absolute atomic E-state index is 12.1. The third kappa shape index (κ3) is 3.41. The summed E-state index contributed by atoms with van der Waals surface area (Å²) in [6, 6.07) is 5.96. The molecule has 1 aromatic heterocycles. The molecule has 0 radical (unpaired) electrons. The zero-order chi connectivity index (χ0) is 15.5. The smallest absolute Gasteiger partial charge is 0.240 e. The molecule has 0 atom stereocenters. The van der Waals surface area contributed by atoms with Crippen molar-refractivity contribution >= 4 is 44.5 Å². The van der Waals surface area contributed by atoms with Crippen LogP contribution < -0.4 is 4.74 Å². The van der Waals surface area contributed by atoms with Gasteiger partial charge in [-0.15, -0.1) is 5.10 Å². The number of benzene rings is 1. The highest BCUT2D eigenvalue weighted by atomic mass is 79.9. The summed E-state index contributed by atoms with van der Waals surface area (Å²) in [5.74, 6) is 2.82. The first-order valence-electron chi connectivity index (χ1n) is 7.26. The van der Waals surface area contributed by atoms with Crippen LogP contribution in [0.2, 0.25) is 0 Å². The highest BCUT2D eigenvalue weighted by Gasteiger charge is 2.17. The zero-order valence-corrected chi connectivity index (χ0v) is 14.8. The van der Waals surface area contributed by atoms with Crippen molar-refractivity contribution in [3.05, 3.63) is 22.7 Å². The van der Waals surface area contributed by atoms with Gasteiger partial charge < -0.3 is 9.64 Å². The van der Waals surface area contributed by atoms with E-state index >= 15 is 0 Å². The van der Waals surface area contributed by atoms with Crippen LogP contribution in [0.1, 0.15) is 6.42 Å². The Labute approximate surface area is 142 Å². The molecule has 1 aliphatic heterocycles. The summed E-state index contributed by atoms with van der Waals surface area (Å²) >= 11 is 5.36. The molecule has 1 saturated heterocycles. The van der Waals surface area contributed by atoms with E-state index in [-0.39, 0.29) is 5.91 Å². The molecule has 118 valence electrons. The fourth-order valence-electron chi connectivity index (χ4n) is 2.52. The highest BCUT2D eigenvalue weighted by Crippen LogP contribution is 2.27. The van der Waals surface area contributed by atoms with Crippen molar-refractivity contribution in [1.82, 2.24) is 14.7 Å². The van der Waals surface area contributed by atoms with Crippen molar-refractivity contribution in [2.24, 2.45) is 7.05 Å². The average Bonchev–Trinajstić information content (AvgIpc) is 2.84. The summed E-state index contributed by atoms with van der Waals surface area (Å²) in [7, 11) is 1.89. The van der Waals surface area contributed by atoms with E-state index in [1.165, 1.54) is 0 Å². The van der Waals surface area contributed by atoms with Gasteiger partial charge in [0.05, 0.1) is 23.9 Å². The van der Waals surface area contributed by atoms with Crippen LogP contribution in [0.15, 0.2) is 22.7 Å². The van der Waals surface area contributed by atoms with Gasteiger partial charge in [-0.2, -0.15) is 11.8 Å². The van der Waals surface area contributed by atoms with E-state index in [4.69, 9.17) is 4.74 Å². The van der Waals surface area contributed by atoms with Gasteiger partial charge in [-0.3, -0.25) is 9.48 Å². The van der Waals surface area contributed by atoms with Crippen molar-refractivity contribution in [1.29, 1.82) is 0 Å². The largest absolute Gasteiger partial charge is 0.476 e. The van der Waals surface area contributed by atoms with Gasteiger partial charge in [-0.25, -0.2) is 0 Å². The van der Waals surface area contributed by atoms with Crippen LogP contribution in [0, 0.1) is 0 Å². The van der Waals surface area contributed by atoms with Crippen LogP contribution in [0.25, 0.3) is 10.9 Å². The number of halogens is 1. The van der Waals surface area contributed by atoms with E-state index < -0.39 is 0 Å². The van der Waals surface area contributed by atoms with E-state index in [0.29, 0.717) is 18.9 Å². The minimum Gasteiger partial charge on any atom is -0.476 e. The maximum Gasteiger partial charge on any atom is 0.240 e. The van der Waals surface area contributed by atoms with Crippen LogP contribution in [0.5, 0.6) is 5.88 Å². The molecule has 1 amide bonds. The number of aryl methyl sites for hydroxylation is 1. The van der Waals surface area contributed by atoms with Gasteiger partial charge in [0.25, 0.3) is 0 Å². The van der Waals surface area contributed by atoms with E-state index in [1.807, 2.05) is 41.9 Å². The number of hydrogen-bond donors (Lipinski definition) is 0. The van der Waals surface area contributed by atoms with Crippen molar-refractivity contribution < 1.29 is 9.53 Å². The fourth-order valence-corrected chi connectivity index (χ4v) is 3.78. The number of thioether (sulfide) groups is 1. The number of rotatable bonds is 4. The van der Waals surface area contributed by atoms with Crippen LogP contribution >= 0.6 is 27.7 Å². The van der Waals surface area contributed by atoms with E-state index in [1.54, 1.807) is 4.68 Å². The standard InChI is InChI=1S/C15H18BrN3O2S/c1-18-13-3-2-11(16)10-12(13)15(17-18)21-7-4-14(20)19-5-8-22-9-6-19/h2-3,10H,4-9H2,1H3. The van der Waals surface area contributed by atoms with Crippen molar-refractivity contribution in [3.63, 3.8) is 0 Å². The predicted octanol–water partition coefficient (Wildman–Crippen LogP) is 2.68. The van der Waals surface area contributed by atoms with Gasteiger partial charge in [-0.1, -0.05) is 15.9 Å². The van der Waals surface area contributed by atoms with Gasteiger partial charge in [0.15, 0.2) is 0 Å². The molecule has 2 heterocycles. The molecule has 3 rings (SSSR count). The lowest BCUT2D eigenvalue weighted by Gasteiger charge is -2.26. The van der Waals surface area contributed by atoms with Gasteiger partial charge in [0.1, 0.15) is 0 Å². The van der Waals surface area contributed by atoms with Gasteiger partial charge in [-0.05, 0) is 18.2 Å². The molecule has 7 heteroatoms. The lowest BCUT2D eigenvalue weighted by molar-refractivity contribution is -0.131. The van der Waals surface area contributed by atoms with Crippen LogP contribution in [-0.2, 0) is 11.8 Å². The first-order chi connectivity index (χ1) is 10.6. The van der Waals surface area contributed by atoms with E-state index in [2.05, 4.69) is 21.0 Å². The highest BCUT2D eigenvalue weighted by molar-refractivity contribution is 9.10. The second-order valence-corrected chi connectivity index (χ2v) is 7.32. The second-order valence-electron chi connectivity index (χ2n) is 5.18. The molecule has 0 saturated carbocycles. The van der Waals surface area contributed by atoms with E-state index in [9.17, 15) is 4.79 Å².